The number of terminal acetylenes is 1. The standard InChI is InChI=1S/C12H22N2O/c1-4-7-11(6-3)14-12(15)8-10(5-2)9-13/h3,10-11H,4-5,7-9,13H2,1-2H3,(H,14,15). The minimum Gasteiger partial charge on any atom is -0.342 e. The highest BCUT2D eigenvalue weighted by molar-refractivity contribution is 5.76. The predicted molar refractivity (Wildman–Crippen MR) is 63.1 cm³/mol. The number of hydrogen-bond acceptors (Lipinski definition) is 2. The van der Waals surface area contributed by atoms with E-state index in [9.17, 15) is 4.79 Å². The second-order valence-electron chi connectivity index (χ2n) is 3.79. The number of nitrogens with one attached hydrogen (secondary N) is 1. The van der Waals surface area contributed by atoms with E-state index >= 15 is 0 Å². The van der Waals surface area contributed by atoms with Crippen LogP contribution in [0.15, 0.2) is 0 Å². The maximum absolute atomic E-state index is 11.6. The van der Waals surface area contributed by atoms with Gasteiger partial charge in [-0.25, -0.2) is 0 Å². The van der Waals surface area contributed by atoms with Crippen molar-refractivity contribution < 1.29 is 4.79 Å². The Labute approximate surface area is 92.8 Å². The number of nitrogens with two attached hydrogens (primary N) is 1. The summed E-state index contributed by atoms with van der Waals surface area (Å²) in [4.78, 5) is 11.6. The fraction of sp³-hybridized carbons (Fsp3) is 0.750. The van der Waals surface area contributed by atoms with Gasteiger partial charge in [0.25, 0.3) is 0 Å². The first-order valence-electron chi connectivity index (χ1n) is 5.63. The van der Waals surface area contributed by atoms with Crippen molar-refractivity contribution in [2.75, 3.05) is 6.54 Å². The minimum atomic E-state index is -0.127. The molecule has 2 unspecified atom stereocenters. The average molecular weight is 210 g/mol. The van der Waals surface area contributed by atoms with Gasteiger partial charge in [-0.3, -0.25) is 4.79 Å². The van der Waals surface area contributed by atoms with E-state index in [1.165, 1.54) is 0 Å². The van der Waals surface area contributed by atoms with Crippen molar-refractivity contribution >= 4 is 5.91 Å². The molecule has 0 aliphatic carbocycles. The van der Waals surface area contributed by atoms with E-state index < -0.39 is 0 Å². The van der Waals surface area contributed by atoms with Gasteiger partial charge in [-0.2, -0.15) is 0 Å². The summed E-state index contributed by atoms with van der Waals surface area (Å²) >= 11 is 0. The van der Waals surface area contributed by atoms with Crippen molar-refractivity contribution in [3.8, 4) is 12.3 Å². The Kier molecular flexibility index (Phi) is 7.75. The van der Waals surface area contributed by atoms with Crippen LogP contribution >= 0.6 is 0 Å². The van der Waals surface area contributed by atoms with Crippen LogP contribution in [0.3, 0.4) is 0 Å². The van der Waals surface area contributed by atoms with E-state index in [4.69, 9.17) is 12.2 Å². The zero-order valence-electron chi connectivity index (χ0n) is 9.75. The Hall–Kier alpha value is -1.01. The van der Waals surface area contributed by atoms with Crippen LogP contribution in [0, 0.1) is 18.3 Å². The second kappa shape index (κ2) is 8.31. The summed E-state index contributed by atoms with van der Waals surface area (Å²) in [5.74, 6) is 2.87. The molecule has 2 atom stereocenters. The monoisotopic (exact) mass is 210 g/mol. The van der Waals surface area contributed by atoms with Gasteiger partial charge in [0, 0.05) is 6.42 Å². The van der Waals surface area contributed by atoms with Crippen molar-refractivity contribution in [2.24, 2.45) is 11.7 Å². The van der Waals surface area contributed by atoms with Gasteiger partial charge < -0.3 is 11.1 Å². The lowest BCUT2D eigenvalue weighted by Crippen LogP contribution is -2.35. The van der Waals surface area contributed by atoms with Crippen molar-refractivity contribution in [1.29, 1.82) is 0 Å². The van der Waals surface area contributed by atoms with Crippen LogP contribution in [-0.2, 0) is 4.79 Å². The van der Waals surface area contributed by atoms with E-state index in [0.717, 1.165) is 19.3 Å². The molecule has 0 spiro atoms. The zero-order valence-corrected chi connectivity index (χ0v) is 9.75. The second-order valence-corrected chi connectivity index (χ2v) is 3.79. The molecule has 0 rings (SSSR count). The summed E-state index contributed by atoms with van der Waals surface area (Å²) < 4.78 is 0. The van der Waals surface area contributed by atoms with E-state index in [1.807, 2.05) is 13.8 Å². The molecule has 3 heteroatoms. The van der Waals surface area contributed by atoms with Crippen molar-refractivity contribution in [2.45, 2.75) is 45.6 Å². The molecule has 0 aliphatic heterocycles. The SMILES string of the molecule is C#CC(CCC)NC(=O)CC(CC)CN. The van der Waals surface area contributed by atoms with Crippen LogP contribution in [0.5, 0.6) is 0 Å². The number of carbonyl (C=O) groups excluding carboxylic acids is 1. The Morgan fingerprint density at radius 3 is 2.60 bits per heavy atom. The van der Waals surface area contributed by atoms with Gasteiger partial charge in [-0.05, 0) is 18.9 Å². The average Bonchev–Trinajstić information content (AvgIpc) is 2.25. The maximum Gasteiger partial charge on any atom is 0.221 e. The molecule has 0 radical (unpaired) electrons. The first kappa shape index (κ1) is 14.0. The van der Waals surface area contributed by atoms with Crippen LogP contribution in [0.4, 0.5) is 0 Å². The quantitative estimate of drug-likeness (QED) is 0.622. The molecule has 3 nitrogen and oxygen atoms in total. The number of rotatable bonds is 7. The van der Waals surface area contributed by atoms with Gasteiger partial charge >= 0.3 is 0 Å². The summed E-state index contributed by atoms with van der Waals surface area (Å²) in [5.41, 5.74) is 5.53. The third-order valence-corrected chi connectivity index (χ3v) is 2.50. The largest absolute Gasteiger partial charge is 0.342 e. The third-order valence-electron chi connectivity index (χ3n) is 2.50. The predicted octanol–water partition coefficient (Wildman–Crippen LogP) is 1.28. The van der Waals surface area contributed by atoms with Gasteiger partial charge in [-0.1, -0.05) is 32.6 Å². The van der Waals surface area contributed by atoms with E-state index in [-0.39, 0.29) is 17.9 Å². The molecule has 0 aromatic heterocycles. The van der Waals surface area contributed by atoms with Crippen molar-refractivity contribution in [1.82, 2.24) is 5.32 Å². The zero-order chi connectivity index (χ0) is 11.7. The first-order valence-corrected chi connectivity index (χ1v) is 5.63. The highest BCUT2D eigenvalue weighted by Crippen LogP contribution is 2.06. The third kappa shape index (κ3) is 6.14. The Morgan fingerprint density at radius 2 is 2.20 bits per heavy atom. The molecule has 15 heavy (non-hydrogen) atoms. The summed E-state index contributed by atoms with van der Waals surface area (Å²) in [6, 6.07) is -0.127. The summed E-state index contributed by atoms with van der Waals surface area (Å²) in [6.07, 6.45) is 8.53. The Bertz CT molecular complexity index is 216. The highest BCUT2D eigenvalue weighted by Gasteiger charge is 2.13. The molecule has 0 aromatic rings. The molecule has 0 aromatic carbocycles. The summed E-state index contributed by atoms with van der Waals surface area (Å²) in [5, 5.41) is 2.84. The number of amides is 1. The topological polar surface area (TPSA) is 55.1 Å². The van der Waals surface area contributed by atoms with Crippen LogP contribution in [0.25, 0.3) is 0 Å². The molecule has 0 saturated carbocycles. The molecular weight excluding hydrogens is 188 g/mol. The van der Waals surface area contributed by atoms with Gasteiger partial charge in [-0.15, -0.1) is 6.42 Å². The van der Waals surface area contributed by atoms with Gasteiger partial charge in [0.05, 0.1) is 6.04 Å². The smallest absolute Gasteiger partial charge is 0.221 e. The van der Waals surface area contributed by atoms with Crippen LogP contribution in [-0.4, -0.2) is 18.5 Å². The van der Waals surface area contributed by atoms with E-state index in [1.54, 1.807) is 0 Å². The fourth-order valence-electron chi connectivity index (χ4n) is 1.40. The lowest BCUT2D eigenvalue weighted by molar-refractivity contribution is -0.122. The van der Waals surface area contributed by atoms with E-state index in [2.05, 4.69) is 11.2 Å². The molecule has 1 amide bonds. The lowest BCUT2D eigenvalue weighted by atomic mass is 10.0. The normalized spacial score (nSPS) is 14.0. The highest BCUT2D eigenvalue weighted by atomic mass is 16.1. The Morgan fingerprint density at radius 1 is 1.53 bits per heavy atom. The number of hydrogen-bond donors (Lipinski definition) is 2. The molecule has 0 aliphatic rings. The van der Waals surface area contributed by atoms with Crippen LogP contribution in [0.1, 0.15) is 39.5 Å². The maximum atomic E-state index is 11.6. The molecule has 0 bridgehead atoms. The molecule has 86 valence electrons. The molecular formula is C12H22N2O. The minimum absolute atomic E-state index is 0.0173. The van der Waals surface area contributed by atoms with Crippen molar-refractivity contribution in [3.05, 3.63) is 0 Å². The summed E-state index contributed by atoms with van der Waals surface area (Å²) in [6.45, 7) is 4.64. The summed E-state index contributed by atoms with van der Waals surface area (Å²) in [7, 11) is 0. The molecule has 0 heterocycles. The Balaban J connectivity index is 3.95. The molecule has 0 saturated heterocycles. The van der Waals surface area contributed by atoms with Gasteiger partial charge in [0.2, 0.25) is 5.91 Å². The first-order chi connectivity index (χ1) is 7.17. The van der Waals surface area contributed by atoms with Crippen molar-refractivity contribution in [3.63, 3.8) is 0 Å². The lowest BCUT2D eigenvalue weighted by Gasteiger charge is -2.15. The molecule has 3 N–H and O–H groups in total. The number of carbonyl (C=O) groups is 1. The molecule has 0 fully saturated rings. The fourth-order valence-corrected chi connectivity index (χ4v) is 1.40. The van der Waals surface area contributed by atoms with Crippen LogP contribution in [0.2, 0.25) is 0 Å². The van der Waals surface area contributed by atoms with E-state index in [0.29, 0.717) is 13.0 Å². The van der Waals surface area contributed by atoms with Gasteiger partial charge in [0.1, 0.15) is 0 Å². The van der Waals surface area contributed by atoms with Crippen LogP contribution < -0.4 is 11.1 Å². The van der Waals surface area contributed by atoms with Gasteiger partial charge in [0.15, 0.2) is 0 Å².